The van der Waals surface area contributed by atoms with Gasteiger partial charge in [-0.25, -0.2) is 4.98 Å². The standard InChI is InChI=1S/C59H41N5O3/c1-65-47-30-20-41(21-31-47)57-60-58(42-22-32-48(66-2)33-23-42)62-59(61-57)64-53-14-8-6-12-49(53)52-36-43(24-35-54(52)64)40-18-27-45(28-19-40)63(44-25-16-39(17-26-44)38-10-4-3-5-11-38)46-29-34-51-50-13-7-9-15-55(50)67-56(51)37-46/h3-37H,1-2H3. The molecule has 0 spiro atoms. The van der Waals surface area contributed by atoms with E-state index in [0.29, 0.717) is 17.6 Å². The molecule has 8 heteroatoms. The molecule has 0 amide bonds. The first-order chi connectivity index (χ1) is 33.1. The number of furan rings is 1. The summed E-state index contributed by atoms with van der Waals surface area (Å²) in [5.74, 6) is 3.15. The zero-order valence-electron chi connectivity index (χ0n) is 36.7. The molecule has 0 bridgehead atoms. The maximum absolute atomic E-state index is 6.38. The lowest BCUT2D eigenvalue weighted by Crippen LogP contribution is -2.09. The number of rotatable bonds is 10. The molecule has 0 radical (unpaired) electrons. The Morgan fingerprint density at radius 1 is 0.373 bits per heavy atom. The van der Waals surface area contributed by atoms with E-state index >= 15 is 0 Å². The molecular formula is C59H41N5O3. The maximum Gasteiger partial charge on any atom is 0.238 e. The molecular weight excluding hydrogens is 827 g/mol. The zero-order valence-corrected chi connectivity index (χ0v) is 36.7. The van der Waals surface area contributed by atoms with Crippen LogP contribution in [0.1, 0.15) is 0 Å². The number of benzene rings is 9. The first kappa shape index (κ1) is 39.6. The molecule has 0 aliphatic heterocycles. The highest BCUT2D eigenvalue weighted by Crippen LogP contribution is 2.41. The lowest BCUT2D eigenvalue weighted by atomic mass is 10.0. The molecule has 3 heterocycles. The molecule has 0 aliphatic rings. The van der Waals surface area contributed by atoms with Crippen molar-refractivity contribution in [3.8, 4) is 62.5 Å². The van der Waals surface area contributed by atoms with Gasteiger partial charge >= 0.3 is 0 Å². The summed E-state index contributed by atoms with van der Waals surface area (Å²) < 4.78 is 19.4. The van der Waals surface area contributed by atoms with Crippen LogP contribution in [-0.4, -0.2) is 33.7 Å². The number of aromatic nitrogens is 4. The van der Waals surface area contributed by atoms with Gasteiger partial charge in [-0.3, -0.25) is 4.57 Å². The van der Waals surface area contributed by atoms with Gasteiger partial charge in [0.2, 0.25) is 5.95 Å². The van der Waals surface area contributed by atoms with Crippen molar-refractivity contribution >= 4 is 60.8 Å². The van der Waals surface area contributed by atoms with Crippen LogP contribution in [0.15, 0.2) is 217 Å². The summed E-state index contributed by atoms with van der Waals surface area (Å²) in [6.45, 7) is 0. The minimum atomic E-state index is 0.521. The third kappa shape index (κ3) is 7.17. The zero-order chi connectivity index (χ0) is 44.8. The van der Waals surface area contributed by atoms with E-state index in [-0.39, 0.29) is 0 Å². The second kappa shape index (κ2) is 16.5. The molecule has 8 nitrogen and oxygen atoms in total. The summed E-state index contributed by atoms with van der Waals surface area (Å²) in [5, 5.41) is 4.39. The van der Waals surface area contributed by atoms with Crippen molar-refractivity contribution in [2.24, 2.45) is 0 Å². The van der Waals surface area contributed by atoms with Crippen molar-refractivity contribution in [3.05, 3.63) is 212 Å². The quantitative estimate of drug-likeness (QED) is 0.135. The molecule has 12 aromatic rings. The SMILES string of the molecule is COc1ccc(-c2nc(-c3ccc(OC)cc3)nc(-n3c4ccccc4c4cc(-c5ccc(N(c6ccc(-c7ccccc7)cc6)c6ccc7c(c6)oc6ccccc67)cc5)ccc43)n2)cc1. The van der Waals surface area contributed by atoms with E-state index in [1.54, 1.807) is 14.2 Å². The van der Waals surface area contributed by atoms with Gasteiger partial charge in [-0.2, -0.15) is 9.97 Å². The Morgan fingerprint density at radius 3 is 1.51 bits per heavy atom. The van der Waals surface area contributed by atoms with E-state index in [1.807, 2.05) is 66.7 Å². The van der Waals surface area contributed by atoms with Crippen LogP contribution in [0.25, 0.3) is 94.7 Å². The average Bonchev–Trinajstić information content (AvgIpc) is 3.94. The molecule has 12 rings (SSSR count). The maximum atomic E-state index is 6.38. The van der Waals surface area contributed by atoms with E-state index in [4.69, 9.17) is 28.8 Å². The minimum Gasteiger partial charge on any atom is -0.497 e. The summed E-state index contributed by atoms with van der Waals surface area (Å²) in [6.07, 6.45) is 0. The smallest absolute Gasteiger partial charge is 0.238 e. The summed E-state index contributed by atoms with van der Waals surface area (Å²) in [7, 11) is 3.32. The third-order valence-corrected chi connectivity index (χ3v) is 12.5. The van der Waals surface area contributed by atoms with Crippen LogP contribution < -0.4 is 14.4 Å². The second-order valence-electron chi connectivity index (χ2n) is 16.4. The molecule has 320 valence electrons. The molecule has 9 aromatic carbocycles. The van der Waals surface area contributed by atoms with Gasteiger partial charge < -0.3 is 18.8 Å². The van der Waals surface area contributed by atoms with Crippen LogP contribution in [0.5, 0.6) is 11.5 Å². The van der Waals surface area contributed by atoms with E-state index in [0.717, 1.165) is 100 Å². The van der Waals surface area contributed by atoms with Gasteiger partial charge in [0.25, 0.3) is 0 Å². The van der Waals surface area contributed by atoms with Crippen LogP contribution >= 0.6 is 0 Å². The highest BCUT2D eigenvalue weighted by atomic mass is 16.5. The molecule has 0 atom stereocenters. The number of ether oxygens (including phenoxy) is 2. The number of nitrogens with zero attached hydrogens (tertiary/aromatic N) is 5. The average molecular weight is 868 g/mol. The fourth-order valence-electron chi connectivity index (χ4n) is 9.11. The number of hydrogen-bond acceptors (Lipinski definition) is 7. The van der Waals surface area contributed by atoms with Crippen LogP contribution in [0, 0.1) is 0 Å². The summed E-state index contributed by atoms with van der Waals surface area (Å²) in [4.78, 5) is 17.5. The molecule has 0 unspecified atom stereocenters. The van der Waals surface area contributed by atoms with Crippen molar-refractivity contribution < 1.29 is 13.9 Å². The van der Waals surface area contributed by atoms with Crippen LogP contribution in [-0.2, 0) is 0 Å². The van der Waals surface area contributed by atoms with E-state index in [2.05, 4.69) is 155 Å². The van der Waals surface area contributed by atoms with Gasteiger partial charge in [-0.15, -0.1) is 0 Å². The van der Waals surface area contributed by atoms with E-state index in [1.165, 1.54) is 5.56 Å². The van der Waals surface area contributed by atoms with Crippen LogP contribution in [0.4, 0.5) is 17.1 Å². The number of anilines is 3. The van der Waals surface area contributed by atoms with Crippen molar-refractivity contribution in [1.82, 2.24) is 19.5 Å². The molecule has 0 saturated heterocycles. The van der Waals surface area contributed by atoms with Crippen molar-refractivity contribution in [2.45, 2.75) is 0 Å². The van der Waals surface area contributed by atoms with E-state index < -0.39 is 0 Å². The number of fused-ring (bicyclic) bond motifs is 6. The molecule has 0 N–H and O–H groups in total. The first-order valence-electron chi connectivity index (χ1n) is 22.1. The topological polar surface area (TPSA) is 78.4 Å². The Hall–Kier alpha value is -9.01. The second-order valence-corrected chi connectivity index (χ2v) is 16.4. The van der Waals surface area contributed by atoms with Gasteiger partial charge in [0.15, 0.2) is 11.6 Å². The normalized spacial score (nSPS) is 11.4. The van der Waals surface area contributed by atoms with Gasteiger partial charge in [0.05, 0.1) is 25.3 Å². The molecule has 0 aliphatic carbocycles. The summed E-state index contributed by atoms with van der Waals surface area (Å²) in [6, 6.07) is 73.3. The number of para-hydroxylation sites is 2. The van der Waals surface area contributed by atoms with Crippen molar-refractivity contribution in [3.63, 3.8) is 0 Å². The molecule has 67 heavy (non-hydrogen) atoms. The van der Waals surface area contributed by atoms with Crippen LogP contribution in [0.3, 0.4) is 0 Å². The Morgan fingerprint density at radius 2 is 0.866 bits per heavy atom. The molecule has 0 fully saturated rings. The van der Waals surface area contributed by atoms with Crippen molar-refractivity contribution in [2.75, 3.05) is 19.1 Å². The number of hydrogen-bond donors (Lipinski definition) is 0. The summed E-state index contributed by atoms with van der Waals surface area (Å²) >= 11 is 0. The van der Waals surface area contributed by atoms with Gasteiger partial charge in [0.1, 0.15) is 22.7 Å². The highest BCUT2D eigenvalue weighted by Gasteiger charge is 2.20. The van der Waals surface area contributed by atoms with Gasteiger partial charge in [-0.05, 0) is 131 Å². The van der Waals surface area contributed by atoms with Gasteiger partial charge in [-0.1, -0.05) is 97.1 Å². The Kier molecular flexibility index (Phi) is 9.76. The predicted molar refractivity (Wildman–Crippen MR) is 271 cm³/mol. The monoisotopic (exact) mass is 867 g/mol. The Labute approximate surface area is 386 Å². The lowest BCUT2D eigenvalue weighted by molar-refractivity contribution is 0.415. The highest BCUT2D eigenvalue weighted by molar-refractivity contribution is 6.10. The Balaban J connectivity index is 0.948. The van der Waals surface area contributed by atoms with Gasteiger partial charge in [0, 0.05) is 55.8 Å². The molecule has 0 saturated carbocycles. The minimum absolute atomic E-state index is 0.521. The van der Waals surface area contributed by atoms with Crippen LogP contribution in [0.2, 0.25) is 0 Å². The molecule has 3 aromatic heterocycles. The third-order valence-electron chi connectivity index (χ3n) is 12.5. The van der Waals surface area contributed by atoms with E-state index in [9.17, 15) is 0 Å². The number of methoxy groups -OCH3 is 2. The largest absolute Gasteiger partial charge is 0.497 e. The summed E-state index contributed by atoms with van der Waals surface area (Å²) in [5.41, 5.74) is 13.0. The van der Waals surface area contributed by atoms with Crippen molar-refractivity contribution in [1.29, 1.82) is 0 Å². The Bertz CT molecular complexity index is 3680. The first-order valence-corrected chi connectivity index (χ1v) is 22.1. The lowest BCUT2D eigenvalue weighted by Gasteiger charge is -2.26. The fraction of sp³-hybridized carbons (Fsp3) is 0.0339. The predicted octanol–water partition coefficient (Wildman–Crippen LogP) is 15.0. The fourth-order valence-corrected chi connectivity index (χ4v) is 9.11.